The van der Waals surface area contributed by atoms with Gasteiger partial charge in [0.15, 0.2) is 11.5 Å². The number of methoxy groups -OCH3 is 2. The van der Waals surface area contributed by atoms with Crippen LogP contribution < -0.4 is 19.8 Å². The van der Waals surface area contributed by atoms with E-state index in [9.17, 15) is 14.7 Å². The molecule has 0 spiro atoms. The van der Waals surface area contributed by atoms with Crippen molar-refractivity contribution in [2.24, 2.45) is 23.7 Å². The van der Waals surface area contributed by atoms with Gasteiger partial charge in [-0.25, -0.2) is 0 Å². The third-order valence-electron chi connectivity index (χ3n) is 11.3. The predicted molar refractivity (Wildman–Crippen MR) is 210 cm³/mol. The van der Waals surface area contributed by atoms with E-state index in [-0.39, 0.29) is 51.3 Å². The summed E-state index contributed by atoms with van der Waals surface area (Å²) in [5.41, 5.74) is 3.92. The first-order valence-corrected chi connectivity index (χ1v) is 19.4. The Kier molecular flexibility index (Phi) is 9.31. The van der Waals surface area contributed by atoms with Gasteiger partial charge in [0.1, 0.15) is 5.75 Å². The van der Waals surface area contributed by atoms with E-state index in [0.29, 0.717) is 32.1 Å². The molecule has 2 aliphatic heterocycles. The molecular formula is C40H31Br2Cl2N3O7. The Balaban J connectivity index is 1.38. The number of hydrogen-bond donors (Lipinski definition) is 2. The van der Waals surface area contributed by atoms with Crippen LogP contribution in [0.2, 0.25) is 10.0 Å². The number of phenolic OH excluding ortho intramolecular Hbond substituents is 1. The van der Waals surface area contributed by atoms with Crippen LogP contribution in [0, 0.1) is 23.7 Å². The van der Waals surface area contributed by atoms with Crippen LogP contribution >= 0.6 is 55.1 Å². The van der Waals surface area contributed by atoms with Gasteiger partial charge >= 0.3 is 0 Å². The molecule has 4 aromatic rings. The molecule has 0 bridgehead atoms. The lowest BCUT2D eigenvalue weighted by atomic mass is 9.49. The molecule has 54 heavy (non-hydrogen) atoms. The third-order valence-corrected chi connectivity index (χ3v) is 14.0. The minimum Gasteiger partial charge on any atom is -0.503 e. The Bertz CT molecular complexity index is 2290. The second kappa shape index (κ2) is 13.7. The van der Waals surface area contributed by atoms with Crippen molar-refractivity contribution >= 4 is 90.1 Å². The van der Waals surface area contributed by atoms with Crippen LogP contribution in [-0.4, -0.2) is 48.0 Å². The molecule has 4 aromatic carbocycles. The second-order valence-electron chi connectivity index (χ2n) is 13.7. The molecule has 6 unspecified atom stereocenters. The van der Waals surface area contributed by atoms with Crippen molar-refractivity contribution in [3.05, 3.63) is 121 Å². The van der Waals surface area contributed by atoms with Gasteiger partial charge in [-0.3, -0.25) is 29.5 Å². The number of nitrogens with zero attached hydrogens (tertiary/aromatic N) is 2. The summed E-state index contributed by atoms with van der Waals surface area (Å²) in [4.78, 5) is 60.4. The van der Waals surface area contributed by atoms with E-state index in [1.807, 2.05) is 12.1 Å². The highest BCUT2D eigenvalue weighted by Gasteiger charge is 2.70. The standard InChI is InChI=1S/C40H31Br2Cl2N3O7/c1-53-22-11-8-19(9-12-22)40-27(37(50)47(39(40)52)45-29-15-10-20(43)16-28(29)44)17-25-23(32(40)26-18-30(54-2)35(48)34(42)33(26)41)13-14-24-31(25)38(51)46(36(24)49)21-6-4-3-5-7-21/h3-13,15-16,18,24-25,27,31-32,45,48H,14,17H2,1-2H3. The summed E-state index contributed by atoms with van der Waals surface area (Å²) < 4.78 is 11.8. The lowest BCUT2D eigenvalue weighted by molar-refractivity contribution is -0.138. The lowest BCUT2D eigenvalue weighted by Crippen LogP contribution is -2.53. The summed E-state index contributed by atoms with van der Waals surface area (Å²) in [5.74, 6) is -5.29. The molecule has 6 atom stereocenters. The number of hydrazine groups is 1. The number of nitrogens with one attached hydrogen (secondary N) is 1. The molecule has 2 saturated heterocycles. The zero-order chi connectivity index (χ0) is 38.2. The van der Waals surface area contributed by atoms with Gasteiger partial charge in [-0.15, -0.1) is 0 Å². The molecule has 2 N–H and O–H groups in total. The quantitative estimate of drug-likeness (QED) is 0.140. The zero-order valence-corrected chi connectivity index (χ0v) is 33.4. The van der Waals surface area contributed by atoms with E-state index in [4.69, 9.17) is 32.7 Å². The summed E-state index contributed by atoms with van der Waals surface area (Å²) in [7, 11) is 2.96. The monoisotopic (exact) mass is 893 g/mol. The van der Waals surface area contributed by atoms with Crippen LogP contribution in [0.25, 0.3) is 0 Å². The number of carbonyl (C=O) groups excluding carboxylic acids is 4. The van der Waals surface area contributed by atoms with Gasteiger partial charge in [0.25, 0.3) is 11.8 Å². The molecule has 4 amide bonds. The molecule has 10 nitrogen and oxygen atoms in total. The molecule has 0 radical (unpaired) electrons. The number of ether oxygens (including phenoxy) is 2. The molecule has 2 aliphatic carbocycles. The van der Waals surface area contributed by atoms with Gasteiger partial charge in [-0.2, -0.15) is 5.01 Å². The number of para-hydroxylation sites is 1. The molecule has 14 heteroatoms. The van der Waals surface area contributed by atoms with Crippen molar-refractivity contribution in [2.75, 3.05) is 24.5 Å². The highest BCUT2D eigenvalue weighted by molar-refractivity contribution is 9.13. The van der Waals surface area contributed by atoms with Crippen molar-refractivity contribution in [3.63, 3.8) is 0 Å². The van der Waals surface area contributed by atoms with Crippen LogP contribution in [0.4, 0.5) is 11.4 Å². The van der Waals surface area contributed by atoms with Gasteiger partial charge in [0, 0.05) is 15.4 Å². The number of halogens is 4. The van der Waals surface area contributed by atoms with Gasteiger partial charge in [-0.1, -0.05) is 65.2 Å². The number of phenols is 1. The summed E-state index contributed by atoms with van der Waals surface area (Å²) in [6.07, 6.45) is 2.28. The number of aromatic hydroxyl groups is 1. The van der Waals surface area contributed by atoms with Crippen molar-refractivity contribution < 1.29 is 33.8 Å². The predicted octanol–water partition coefficient (Wildman–Crippen LogP) is 8.43. The topological polar surface area (TPSA) is 125 Å². The summed E-state index contributed by atoms with van der Waals surface area (Å²) in [5, 5.41) is 12.6. The number of imide groups is 2. The maximum Gasteiger partial charge on any atom is 0.260 e. The average Bonchev–Trinajstić information content (AvgIpc) is 3.56. The lowest BCUT2D eigenvalue weighted by Gasteiger charge is -2.51. The normalized spacial score (nSPS) is 26.0. The molecule has 4 aliphatic rings. The number of hydrogen-bond acceptors (Lipinski definition) is 8. The molecular weight excluding hydrogens is 865 g/mol. The van der Waals surface area contributed by atoms with Gasteiger partial charge in [0.2, 0.25) is 11.8 Å². The highest BCUT2D eigenvalue weighted by atomic mass is 79.9. The number of carbonyl (C=O) groups is 4. The molecule has 8 rings (SSSR count). The van der Waals surface area contributed by atoms with Crippen LogP contribution in [-0.2, 0) is 24.6 Å². The fourth-order valence-corrected chi connectivity index (χ4v) is 10.4. The van der Waals surface area contributed by atoms with E-state index in [1.54, 1.807) is 66.7 Å². The van der Waals surface area contributed by atoms with E-state index in [2.05, 4.69) is 37.3 Å². The van der Waals surface area contributed by atoms with E-state index >= 15 is 9.59 Å². The Labute approximate surface area is 337 Å². The fourth-order valence-electron chi connectivity index (χ4n) is 9.00. The highest BCUT2D eigenvalue weighted by Crippen LogP contribution is 2.66. The first kappa shape index (κ1) is 36.6. The smallest absolute Gasteiger partial charge is 0.260 e. The van der Waals surface area contributed by atoms with Crippen LogP contribution in [0.5, 0.6) is 17.2 Å². The largest absolute Gasteiger partial charge is 0.503 e. The summed E-state index contributed by atoms with van der Waals surface area (Å²) in [6.45, 7) is 0. The first-order chi connectivity index (χ1) is 25.9. The van der Waals surface area contributed by atoms with Crippen LogP contribution in [0.1, 0.15) is 29.9 Å². The fraction of sp³-hybridized carbons (Fsp3) is 0.250. The summed E-state index contributed by atoms with van der Waals surface area (Å²) in [6, 6.07) is 22.1. The Morgan fingerprint density at radius 3 is 2.24 bits per heavy atom. The Morgan fingerprint density at radius 1 is 0.852 bits per heavy atom. The first-order valence-electron chi connectivity index (χ1n) is 17.1. The van der Waals surface area contributed by atoms with Crippen LogP contribution in [0.15, 0.2) is 99.5 Å². The van der Waals surface area contributed by atoms with E-state index in [0.717, 1.165) is 10.6 Å². The van der Waals surface area contributed by atoms with Crippen molar-refractivity contribution in [1.82, 2.24) is 5.01 Å². The summed E-state index contributed by atoms with van der Waals surface area (Å²) >= 11 is 20.0. The minimum absolute atomic E-state index is 0.0856. The SMILES string of the molecule is COc1ccc(C23C(=O)N(Nc4ccc(Cl)cc4Cl)C(=O)C2CC2C(=CCC4C(=O)N(c5ccccc5)C(=O)C42)C3c2cc(OC)c(O)c(Br)c2Br)cc1. The number of anilines is 2. The second-order valence-corrected chi connectivity index (χ2v) is 16.1. The van der Waals surface area contributed by atoms with Gasteiger partial charge in [0.05, 0.1) is 58.3 Å². The molecule has 1 saturated carbocycles. The van der Waals surface area contributed by atoms with Gasteiger partial charge in [-0.05, 0) is 110 Å². The van der Waals surface area contributed by atoms with Crippen molar-refractivity contribution in [1.29, 1.82) is 0 Å². The maximum absolute atomic E-state index is 15.5. The zero-order valence-electron chi connectivity index (χ0n) is 28.7. The Hall–Kier alpha value is -4.36. The number of fused-ring (bicyclic) bond motifs is 4. The van der Waals surface area contributed by atoms with Crippen molar-refractivity contribution in [3.8, 4) is 17.2 Å². The number of amides is 4. The molecule has 2 heterocycles. The minimum atomic E-state index is -1.61. The van der Waals surface area contributed by atoms with Crippen molar-refractivity contribution in [2.45, 2.75) is 24.2 Å². The molecule has 3 fully saturated rings. The van der Waals surface area contributed by atoms with E-state index in [1.165, 1.54) is 25.2 Å². The molecule has 276 valence electrons. The molecule has 0 aromatic heterocycles. The number of allylic oxidation sites excluding steroid dienone is 2. The Morgan fingerprint density at radius 2 is 1.57 bits per heavy atom. The maximum atomic E-state index is 15.5. The van der Waals surface area contributed by atoms with E-state index < -0.39 is 46.8 Å². The number of rotatable bonds is 7. The van der Waals surface area contributed by atoms with Gasteiger partial charge < -0.3 is 14.6 Å². The number of benzene rings is 4. The third kappa shape index (κ3) is 5.31. The average molecular weight is 896 g/mol. The van der Waals surface area contributed by atoms with Crippen LogP contribution in [0.3, 0.4) is 0 Å².